The maximum Gasteiger partial charge on any atom is 0.217 e. The Labute approximate surface area is 210 Å². The van der Waals surface area contributed by atoms with Gasteiger partial charge in [-0.1, -0.05) is 0 Å². The zero-order valence-corrected chi connectivity index (χ0v) is 19.7. The maximum atomic E-state index is 11.4. The Morgan fingerprint density at radius 2 is 1.11 bits per heavy atom. The second kappa shape index (κ2) is 12.8. The summed E-state index contributed by atoms with van der Waals surface area (Å²) >= 11 is 0. The molecule has 11 N–H and O–H groups in total. The van der Waals surface area contributed by atoms with Crippen molar-refractivity contribution in [2.75, 3.05) is 19.8 Å². The van der Waals surface area contributed by atoms with Crippen molar-refractivity contribution in [3.8, 4) is 0 Å². The first-order valence-corrected chi connectivity index (χ1v) is 11.6. The van der Waals surface area contributed by atoms with E-state index in [0.29, 0.717) is 0 Å². The molecule has 0 saturated carbocycles. The average molecular weight is 545 g/mol. The quantitative estimate of drug-likeness (QED) is 0.135. The summed E-state index contributed by atoms with van der Waals surface area (Å²) in [6.07, 6.45) is -23.2. The number of carbonyl (C=O) groups excluding carboxylic acids is 1. The van der Waals surface area contributed by atoms with Gasteiger partial charge >= 0.3 is 0 Å². The van der Waals surface area contributed by atoms with Crippen LogP contribution in [0.4, 0.5) is 0 Å². The van der Waals surface area contributed by atoms with Gasteiger partial charge in [0.2, 0.25) is 5.91 Å². The summed E-state index contributed by atoms with van der Waals surface area (Å²) in [6, 6.07) is -1.38. The highest BCUT2D eigenvalue weighted by molar-refractivity contribution is 5.73. The molecular formula is C20H35NO16. The van der Waals surface area contributed by atoms with Gasteiger partial charge < -0.3 is 80.1 Å². The Morgan fingerprint density at radius 1 is 0.649 bits per heavy atom. The van der Waals surface area contributed by atoms with Crippen LogP contribution >= 0.6 is 0 Å². The summed E-state index contributed by atoms with van der Waals surface area (Å²) in [6.45, 7) is -1.21. The number of hydrogen-bond acceptors (Lipinski definition) is 16. The molecule has 0 aliphatic carbocycles. The highest BCUT2D eigenvalue weighted by atomic mass is 16.7. The minimum absolute atomic E-state index is 0.620. The van der Waals surface area contributed by atoms with E-state index >= 15 is 0 Å². The van der Waals surface area contributed by atoms with Crippen molar-refractivity contribution < 1.29 is 79.5 Å². The van der Waals surface area contributed by atoms with E-state index in [-0.39, 0.29) is 0 Å². The molecule has 0 aromatic rings. The highest BCUT2D eigenvalue weighted by Gasteiger charge is 2.53. The summed E-state index contributed by atoms with van der Waals surface area (Å²) in [7, 11) is 0. The van der Waals surface area contributed by atoms with Gasteiger partial charge in [0.1, 0.15) is 73.2 Å². The zero-order valence-electron chi connectivity index (χ0n) is 19.7. The Balaban J connectivity index is 1.74. The number of amides is 1. The number of nitrogens with one attached hydrogen (secondary N) is 1. The number of aliphatic hydroxyl groups excluding tert-OH is 10. The van der Waals surface area contributed by atoms with Gasteiger partial charge in [-0.3, -0.25) is 4.79 Å². The molecule has 0 aromatic carbocycles. The Kier molecular flexibility index (Phi) is 10.5. The van der Waals surface area contributed by atoms with Crippen LogP contribution in [0.5, 0.6) is 0 Å². The van der Waals surface area contributed by atoms with Gasteiger partial charge in [0.15, 0.2) is 18.9 Å². The summed E-state index contributed by atoms with van der Waals surface area (Å²) in [5.74, 6) is -0.620. The van der Waals surface area contributed by atoms with E-state index in [1.165, 1.54) is 0 Å². The Hall–Kier alpha value is -1.13. The summed E-state index contributed by atoms with van der Waals surface area (Å²) in [4.78, 5) is 11.4. The second-order valence-electron chi connectivity index (χ2n) is 9.07. The smallest absolute Gasteiger partial charge is 0.217 e. The molecule has 0 spiro atoms. The largest absolute Gasteiger partial charge is 0.394 e. The van der Waals surface area contributed by atoms with E-state index < -0.39 is 118 Å². The molecule has 1 unspecified atom stereocenters. The monoisotopic (exact) mass is 545 g/mol. The molecule has 3 rings (SSSR count). The van der Waals surface area contributed by atoms with Crippen molar-refractivity contribution in [2.45, 2.75) is 99.0 Å². The van der Waals surface area contributed by atoms with Gasteiger partial charge in [0, 0.05) is 6.92 Å². The predicted molar refractivity (Wildman–Crippen MR) is 113 cm³/mol. The van der Waals surface area contributed by atoms with Gasteiger partial charge in [0.25, 0.3) is 0 Å². The van der Waals surface area contributed by atoms with Crippen molar-refractivity contribution in [1.82, 2.24) is 5.32 Å². The predicted octanol–water partition coefficient (Wildman–Crippen LogP) is -7.43. The molecule has 216 valence electrons. The van der Waals surface area contributed by atoms with Crippen LogP contribution in [0.2, 0.25) is 0 Å². The first-order valence-electron chi connectivity index (χ1n) is 11.6. The molecule has 17 heteroatoms. The second-order valence-corrected chi connectivity index (χ2v) is 9.07. The third-order valence-electron chi connectivity index (χ3n) is 6.49. The van der Waals surface area contributed by atoms with Crippen molar-refractivity contribution in [1.29, 1.82) is 0 Å². The number of ether oxygens (including phenoxy) is 5. The molecule has 0 aromatic heterocycles. The zero-order chi connectivity index (χ0) is 27.6. The minimum atomic E-state index is -1.92. The van der Waals surface area contributed by atoms with E-state index in [4.69, 9.17) is 23.7 Å². The molecule has 3 fully saturated rings. The van der Waals surface area contributed by atoms with Crippen LogP contribution in [0.15, 0.2) is 0 Å². The molecule has 3 heterocycles. The summed E-state index contributed by atoms with van der Waals surface area (Å²) in [5, 5.41) is 103. The summed E-state index contributed by atoms with van der Waals surface area (Å²) in [5.41, 5.74) is 0. The van der Waals surface area contributed by atoms with E-state index in [2.05, 4.69) is 5.32 Å². The van der Waals surface area contributed by atoms with E-state index in [1.54, 1.807) is 0 Å². The van der Waals surface area contributed by atoms with Crippen molar-refractivity contribution in [3.63, 3.8) is 0 Å². The molecule has 3 aliphatic heterocycles. The molecule has 0 bridgehead atoms. The van der Waals surface area contributed by atoms with E-state index in [9.17, 15) is 55.9 Å². The average Bonchev–Trinajstić information content (AvgIpc) is 2.87. The molecule has 37 heavy (non-hydrogen) atoms. The van der Waals surface area contributed by atoms with Gasteiger partial charge in [-0.05, 0) is 0 Å². The van der Waals surface area contributed by atoms with Crippen molar-refractivity contribution >= 4 is 5.91 Å². The SMILES string of the molecule is CC(=O)N[C@H]1C(O)O[C@H](CO)[C@@H](O[C@@H]2O[C@H](CO)[C@@H](O[C@@H]3O[C@H](CO)[C@@H](O)[C@H](O)[C@H]3O)[C@H](O)[C@H]2O)[C@@H]1O. The van der Waals surface area contributed by atoms with Crippen LogP contribution in [-0.4, -0.2) is 169 Å². The van der Waals surface area contributed by atoms with Crippen LogP contribution in [0, 0.1) is 0 Å². The van der Waals surface area contributed by atoms with E-state index in [0.717, 1.165) is 6.92 Å². The van der Waals surface area contributed by atoms with Crippen LogP contribution < -0.4 is 5.32 Å². The first-order chi connectivity index (χ1) is 17.4. The standard InChI is InChI=1S/C20H35NO16/c1-5(25)21-9-11(27)16(7(3-23)33-18(9)32)36-20-15(31)13(29)17(8(4-24)35-20)37-19-14(30)12(28)10(26)6(2-22)34-19/h6-20,22-24,26-32H,2-4H2,1H3,(H,21,25)/t6-,7-,8-,9-,10-,11-,12+,13-,14-,15-,16-,17-,18?,19+,20+/m1/s1. The number of carbonyl (C=O) groups is 1. The van der Waals surface area contributed by atoms with Crippen molar-refractivity contribution in [2.24, 2.45) is 0 Å². The third kappa shape index (κ3) is 6.38. The first kappa shape index (κ1) is 30.4. The fraction of sp³-hybridized carbons (Fsp3) is 0.950. The molecule has 3 aliphatic rings. The molecule has 0 radical (unpaired) electrons. The van der Waals surface area contributed by atoms with Crippen LogP contribution in [-0.2, 0) is 28.5 Å². The fourth-order valence-electron chi connectivity index (χ4n) is 4.46. The van der Waals surface area contributed by atoms with Crippen molar-refractivity contribution in [3.05, 3.63) is 0 Å². The number of aliphatic hydroxyl groups is 10. The van der Waals surface area contributed by atoms with Gasteiger partial charge in [-0.25, -0.2) is 0 Å². The number of rotatable bonds is 8. The lowest BCUT2D eigenvalue weighted by Gasteiger charge is -2.48. The topological polar surface area (TPSA) is 278 Å². The molecule has 3 saturated heterocycles. The lowest BCUT2D eigenvalue weighted by molar-refractivity contribution is -0.373. The normalized spacial score (nSPS) is 49.0. The molecule has 1 amide bonds. The van der Waals surface area contributed by atoms with Gasteiger partial charge in [0.05, 0.1) is 19.8 Å². The number of hydrogen-bond donors (Lipinski definition) is 11. The molecule has 17 nitrogen and oxygen atoms in total. The van der Waals surface area contributed by atoms with E-state index in [1.807, 2.05) is 0 Å². The highest BCUT2D eigenvalue weighted by Crippen LogP contribution is 2.32. The van der Waals surface area contributed by atoms with Crippen LogP contribution in [0.3, 0.4) is 0 Å². The summed E-state index contributed by atoms with van der Waals surface area (Å²) < 4.78 is 26.9. The van der Waals surface area contributed by atoms with Crippen LogP contribution in [0.1, 0.15) is 6.92 Å². The molecular weight excluding hydrogens is 510 g/mol. The molecule has 15 atom stereocenters. The fourth-order valence-corrected chi connectivity index (χ4v) is 4.46. The maximum absolute atomic E-state index is 11.4. The lowest BCUT2D eigenvalue weighted by atomic mass is 9.95. The third-order valence-corrected chi connectivity index (χ3v) is 6.49. The van der Waals surface area contributed by atoms with Gasteiger partial charge in [-0.15, -0.1) is 0 Å². The lowest BCUT2D eigenvalue weighted by Crippen LogP contribution is -2.68. The Bertz CT molecular complexity index is 743. The van der Waals surface area contributed by atoms with Gasteiger partial charge in [-0.2, -0.15) is 0 Å². The van der Waals surface area contributed by atoms with Crippen LogP contribution in [0.25, 0.3) is 0 Å². The Morgan fingerprint density at radius 3 is 1.62 bits per heavy atom. The minimum Gasteiger partial charge on any atom is -0.394 e.